The van der Waals surface area contributed by atoms with Crippen LogP contribution in [0.4, 0.5) is 16.3 Å². The van der Waals surface area contributed by atoms with Gasteiger partial charge in [0.25, 0.3) is 0 Å². The maximum atomic E-state index is 13.8. The third kappa shape index (κ3) is 6.99. The van der Waals surface area contributed by atoms with Gasteiger partial charge in [-0.05, 0) is 74.7 Å². The number of urea groups is 1. The predicted octanol–water partition coefficient (Wildman–Crippen LogP) is 7.00. The highest BCUT2D eigenvalue weighted by atomic mass is 16.3. The fourth-order valence-corrected chi connectivity index (χ4v) is 5.60. The number of nitrogens with zero attached hydrogens (tertiary/aromatic N) is 2. The van der Waals surface area contributed by atoms with Crippen molar-refractivity contribution in [2.45, 2.75) is 64.7 Å². The largest absolute Gasteiger partial charge is 0.469 e. The van der Waals surface area contributed by atoms with E-state index in [1.54, 1.807) is 10.9 Å². The van der Waals surface area contributed by atoms with E-state index in [1.807, 2.05) is 73.7 Å². The molecule has 3 N–H and O–H groups in total. The number of para-hydroxylation sites is 1. The van der Waals surface area contributed by atoms with Crippen LogP contribution in [0.3, 0.4) is 0 Å². The summed E-state index contributed by atoms with van der Waals surface area (Å²) >= 11 is 0. The number of Topliss-reactive ketones (excluding diaryl/α,β-unsaturated/α-hetero) is 1. The Labute approximate surface area is 247 Å². The highest BCUT2D eigenvalue weighted by Crippen LogP contribution is 2.37. The van der Waals surface area contributed by atoms with Crippen molar-refractivity contribution in [3.63, 3.8) is 0 Å². The van der Waals surface area contributed by atoms with E-state index in [1.165, 1.54) is 0 Å². The summed E-state index contributed by atoms with van der Waals surface area (Å²) in [6, 6.07) is 21.0. The Bertz CT molecular complexity index is 1490. The van der Waals surface area contributed by atoms with Crippen LogP contribution in [0.25, 0.3) is 5.69 Å². The number of aromatic nitrogens is 2. The van der Waals surface area contributed by atoms with Crippen LogP contribution in [0.2, 0.25) is 0 Å². The molecular formula is C34H41N5O3. The fraction of sp³-hybridized carbons (Fsp3) is 0.382. The van der Waals surface area contributed by atoms with E-state index in [0.717, 1.165) is 54.2 Å². The molecule has 220 valence electrons. The second-order valence-electron chi connectivity index (χ2n) is 12.2. The molecule has 8 heteroatoms. The lowest BCUT2D eigenvalue weighted by molar-refractivity contribution is -0.122. The molecule has 0 saturated carbocycles. The van der Waals surface area contributed by atoms with Gasteiger partial charge in [0, 0.05) is 35.9 Å². The molecule has 1 atom stereocenters. The quantitative estimate of drug-likeness (QED) is 0.202. The summed E-state index contributed by atoms with van der Waals surface area (Å²) in [4.78, 5) is 27.3. The lowest BCUT2D eigenvalue weighted by Crippen LogP contribution is -2.34. The Hall–Kier alpha value is -4.17. The molecule has 0 bridgehead atoms. The molecule has 1 aliphatic rings. The van der Waals surface area contributed by atoms with Gasteiger partial charge in [-0.1, -0.05) is 56.7 Å². The van der Waals surface area contributed by atoms with Crippen molar-refractivity contribution in [3.05, 3.63) is 95.6 Å². The standard InChI is InChI=1S/C34H41N5O3/c1-23-11-13-25(14-12-23)39-31(22-30(38-39)34(2,3)4)37-33(41)36-28-10-6-5-9-27(28)32(24-17-19-35-20-18-24)29(40)16-15-26-8-7-21-42-26/h5-14,21-22,24,32,35H,15-20H2,1-4H3,(H2,36,37,41). The molecule has 1 saturated heterocycles. The molecule has 0 radical (unpaired) electrons. The molecule has 0 spiro atoms. The zero-order valence-corrected chi connectivity index (χ0v) is 24.9. The van der Waals surface area contributed by atoms with Crippen LogP contribution in [0, 0.1) is 12.8 Å². The van der Waals surface area contributed by atoms with Crippen LogP contribution < -0.4 is 16.0 Å². The smallest absolute Gasteiger partial charge is 0.324 e. The van der Waals surface area contributed by atoms with Crippen molar-refractivity contribution in [3.8, 4) is 5.69 Å². The Morgan fingerprint density at radius 2 is 1.76 bits per heavy atom. The van der Waals surface area contributed by atoms with E-state index in [9.17, 15) is 9.59 Å². The van der Waals surface area contributed by atoms with Gasteiger partial charge in [-0.3, -0.25) is 10.1 Å². The minimum Gasteiger partial charge on any atom is -0.469 e. The van der Waals surface area contributed by atoms with Crippen LogP contribution >= 0.6 is 0 Å². The lowest BCUT2D eigenvalue weighted by Gasteiger charge is -2.31. The van der Waals surface area contributed by atoms with E-state index >= 15 is 0 Å². The molecule has 2 amide bonds. The van der Waals surface area contributed by atoms with Gasteiger partial charge in [-0.25, -0.2) is 9.48 Å². The van der Waals surface area contributed by atoms with Gasteiger partial charge < -0.3 is 15.1 Å². The summed E-state index contributed by atoms with van der Waals surface area (Å²) in [5, 5.41) is 14.3. The number of aryl methyl sites for hydroxylation is 2. The molecular weight excluding hydrogens is 526 g/mol. The van der Waals surface area contributed by atoms with Gasteiger partial charge in [0.2, 0.25) is 0 Å². The number of furan rings is 1. The summed E-state index contributed by atoms with van der Waals surface area (Å²) < 4.78 is 7.25. The molecule has 3 heterocycles. The van der Waals surface area contributed by atoms with E-state index in [-0.39, 0.29) is 29.1 Å². The van der Waals surface area contributed by atoms with Crippen LogP contribution in [0.15, 0.2) is 77.4 Å². The lowest BCUT2D eigenvalue weighted by atomic mass is 9.76. The molecule has 8 nitrogen and oxygen atoms in total. The second-order valence-corrected chi connectivity index (χ2v) is 12.2. The highest BCUT2D eigenvalue weighted by Gasteiger charge is 2.32. The molecule has 1 fully saturated rings. The van der Waals surface area contributed by atoms with Gasteiger partial charge >= 0.3 is 6.03 Å². The van der Waals surface area contributed by atoms with Crippen LogP contribution in [0.1, 0.15) is 68.5 Å². The van der Waals surface area contributed by atoms with Crippen molar-refractivity contribution < 1.29 is 14.0 Å². The summed E-state index contributed by atoms with van der Waals surface area (Å²) in [7, 11) is 0. The summed E-state index contributed by atoms with van der Waals surface area (Å²) in [6.45, 7) is 10.1. The van der Waals surface area contributed by atoms with Gasteiger partial charge in [-0.15, -0.1) is 0 Å². The Kier molecular flexibility index (Phi) is 8.92. The summed E-state index contributed by atoms with van der Waals surface area (Å²) in [5.74, 6) is 1.42. The SMILES string of the molecule is Cc1ccc(-n2nc(C(C)(C)C)cc2NC(=O)Nc2ccccc2C(C(=O)CCc2ccco2)C2CCNCC2)cc1. The fourth-order valence-electron chi connectivity index (χ4n) is 5.60. The van der Waals surface area contributed by atoms with E-state index in [4.69, 9.17) is 9.52 Å². The number of ketones is 1. The number of rotatable bonds is 9. The number of carbonyl (C=O) groups is 2. The Morgan fingerprint density at radius 1 is 1.02 bits per heavy atom. The number of hydrogen-bond acceptors (Lipinski definition) is 5. The third-order valence-corrected chi connectivity index (χ3v) is 7.94. The van der Waals surface area contributed by atoms with Gasteiger partial charge in [0.15, 0.2) is 0 Å². The van der Waals surface area contributed by atoms with E-state index in [0.29, 0.717) is 24.3 Å². The Balaban J connectivity index is 1.40. The first-order chi connectivity index (χ1) is 20.2. The van der Waals surface area contributed by atoms with Crippen molar-refractivity contribution in [2.24, 2.45) is 5.92 Å². The van der Waals surface area contributed by atoms with Gasteiger partial charge in [0.05, 0.1) is 17.6 Å². The average Bonchev–Trinajstić information content (AvgIpc) is 3.64. The van der Waals surface area contributed by atoms with E-state index < -0.39 is 0 Å². The first kappa shape index (κ1) is 29.3. The maximum Gasteiger partial charge on any atom is 0.324 e. The van der Waals surface area contributed by atoms with Crippen molar-refractivity contribution in [2.75, 3.05) is 23.7 Å². The first-order valence-corrected chi connectivity index (χ1v) is 14.8. The summed E-state index contributed by atoms with van der Waals surface area (Å²) in [6.07, 6.45) is 4.39. The number of carbonyl (C=O) groups excluding carboxylic acids is 2. The van der Waals surface area contributed by atoms with Crippen LogP contribution in [0.5, 0.6) is 0 Å². The number of amides is 2. The number of hydrogen-bond donors (Lipinski definition) is 3. The number of benzene rings is 2. The number of anilines is 2. The molecule has 4 aromatic rings. The van der Waals surface area contributed by atoms with Crippen molar-refractivity contribution in [1.29, 1.82) is 0 Å². The topological polar surface area (TPSA) is 101 Å². The molecule has 2 aromatic carbocycles. The molecule has 5 rings (SSSR count). The minimum absolute atomic E-state index is 0.167. The minimum atomic E-state index is -0.386. The number of nitrogens with one attached hydrogen (secondary N) is 3. The maximum absolute atomic E-state index is 13.8. The van der Waals surface area contributed by atoms with Gasteiger partial charge in [0.1, 0.15) is 17.4 Å². The normalized spacial score (nSPS) is 14.9. The third-order valence-electron chi connectivity index (χ3n) is 7.94. The van der Waals surface area contributed by atoms with Crippen LogP contribution in [-0.4, -0.2) is 34.7 Å². The van der Waals surface area contributed by atoms with Crippen molar-refractivity contribution in [1.82, 2.24) is 15.1 Å². The zero-order chi connectivity index (χ0) is 29.7. The second kappa shape index (κ2) is 12.8. The average molecular weight is 568 g/mol. The van der Waals surface area contributed by atoms with Crippen molar-refractivity contribution >= 4 is 23.3 Å². The van der Waals surface area contributed by atoms with Gasteiger partial charge in [-0.2, -0.15) is 5.10 Å². The molecule has 1 unspecified atom stereocenters. The predicted molar refractivity (Wildman–Crippen MR) is 166 cm³/mol. The zero-order valence-electron chi connectivity index (χ0n) is 24.9. The molecule has 1 aliphatic heterocycles. The van der Waals surface area contributed by atoms with E-state index in [2.05, 4.69) is 36.7 Å². The summed E-state index contributed by atoms with van der Waals surface area (Å²) in [5.41, 5.74) is 4.17. The first-order valence-electron chi connectivity index (χ1n) is 14.8. The molecule has 42 heavy (non-hydrogen) atoms. The Morgan fingerprint density at radius 3 is 2.45 bits per heavy atom. The monoisotopic (exact) mass is 567 g/mol. The molecule has 0 aliphatic carbocycles. The van der Waals surface area contributed by atoms with Crippen LogP contribution in [-0.2, 0) is 16.6 Å². The molecule has 2 aromatic heterocycles. The number of piperidine rings is 1. The highest BCUT2D eigenvalue weighted by molar-refractivity contribution is 6.01.